The van der Waals surface area contributed by atoms with Gasteiger partial charge in [-0.2, -0.15) is 0 Å². The molecule has 4 heterocycles. The van der Waals surface area contributed by atoms with Gasteiger partial charge in [-0.25, -0.2) is 0 Å². The zero-order valence-electron chi connectivity index (χ0n) is 35.7. The third kappa shape index (κ3) is 9.54. The molecule has 3 N–H and O–H groups in total. The van der Waals surface area contributed by atoms with E-state index in [0.717, 1.165) is 5.57 Å². The Labute approximate surface area is 328 Å². The summed E-state index contributed by atoms with van der Waals surface area (Å²) >= 11 is 0. The van der Waals surface area contributed by atoms with Gasteiger partial charge in [0.15, 0.2) is 12.6 Å². The van der Waals surface area contributed by atoms with Crippen LogP contribution in [0.1, 0.15) is 115 Å². The minimum absolute atomic E-state index is 0.146. The van der Waals surface area contributed by atoms with Gasteiger partial charge < -0.3 is 58.1 Å². The Kier molecular flexibility index (Phi) is 14.9. The zero-order chi connectivity index (χ0) is 41.4. The van der Waals surface area contributed by atoms with E-state index < -0.39 is 102 Å². The van der Waals surface area contributed by atoms with Crippen molar-refractivity contribution in [1.29, 1.82) is 0 Å². The summed E-state index contributed by atoms with van der Waals surface area (Å²) in [5.74, 6) is -2.86. The number of hydrogen-bond acceptors (Lipinski definition) is 14. The predicted molar refractivity (Wildman–Crippen MR) is 202 cm³/mol. The highest BCUT2D eigenvalue weighted by molar-refractivity contribution is 5.73. The van der Waals surface area contributed by atoms with E-state index in [1.807, 2.05) is 60.5 Å². The van der Waals surface area contributed by atoms with Crippen molar-refractivity contribution < 1.29 is 62.8 Å². The van der Waals surface area contributed by atoms with Gasteiger partial charge in [-0.3, -0.25) is 9.59 Å². The lowest BCUT2D eigenvalue weighted by Gasteiger charge is -2.48. The molecule has 0 unspecified atom stereocenters. The summed E-state index contributed by atoms with van der Waals surface area (Å²) in [6.07, 6.45) is -6.79. The van der Waals surface area contributed by atoms with E-state index in [1.165, 1.54) is 14.0 Å². The van der Waals surface area contributed by atoms with E-state index in [4.69, 9.17) is 37.9 Å². The summed E-state index contributed by atoms with van der Waals surface area (Å²) in [6, 6.07) is -0.255. The number of cyclic esters (lactones) is 1. The molecule has 2 bridgehead atoms. The molecule has 0 radical (unpaired) electrons. The molecule has 4 aliphatic rings. The Hall–Kier alpha value is -1.88. The summed E-state index contributed by atoms with van der Waals surface area (Å²) in [5.41, 5.74) is -3.08. The van der Waals surface area contributed by atoms with Gasteiger partial charge in [0.25, 0.3) is 0 Å². The number of hydrogen-bond donors (Lipinski definition) is 3. The predicted octanol–water partition coefficient (Wildman–Crippen LogP) is 4.24. The first-order valence-corrected chi connectivity index (χ1v) is 20.3. The van der Waals surface area contributed by atoms with Crippen molar-refractivity contribution >= 4 is 11.9 Å². The Morgan fingerprint density at radius 1 is 0.982 bits per heavy atom. The van der Waals surface area contributed by atoms with Crippen molar-refractivity contribution in [2.24, 2.45) is 17.8 Å². The number of ether oxygens (including phenoxy) is 8. The SMILES string of the molecule is CCCC(=O)O[C@@H]1[C@@H](C)C2=C(C)C[C@@](C)(O2)[C@H](O[C@@H]2O[C@H](C)C[C@H](N(C)C)[C@H]2O)[C@@H](C)[C@H](O[C@H]2C[C@@](C)(OC)[C@@H](O)[C@H](C)O2)[C@@H](C)C(=O)O[C@H](CC)[C@@]1(C)O. The second kappa shape index (κ2) is 17.9. The maximum Gasteiger partial charge on any atom is 0.311 e. The molecule has 318 valence electrons. The quantitative estimate of drug-likeness (QED) is 0.269. The number of fused-ring (bicyclic) bond motifs is 2. The number of esters is 2. The van der Waals surface area contributed by atoms with Crippen LogP contribution in [0.4, 0.5) is 0 Å². The number of aliphatic hydroxyl groups excluding tert-OH is 2. The second-order valence-corrected chi connectivity index (χ2v) is 17.6. The molecule has 4 aliphatic heterocycles. The van der Waals surface area contributed by atoms with Crippen molar-refractivity contribution in [1.82, 2.24) is 4.90 Å². The topological polar surface area (TPSA) is 172 Å². The monoisotopic (exact) mass is 785 g/mol. The Bertz CT molecular complexity index is 1360. The standard InChI is InChI=1S/C41H71NO13/c1-15-17-29(43)52-36-23(5)32-21(3)19-40(10,55-32)35(54-38-31(44)27(42(12)13)18-22(4)49-38)24(6)33(25(7)37(46)51-28(16-2)41(36,11)47)53-30-20-39(9,48-14)34(45)26(8)50-30/h22-28,30-31,33-36,38,44-45,47H,15-20H2,1-14H3/t22-,23+,24+,25-,26+,27+,28-,30+,31-,33+,34+,35-,36-,38+,39-,40-,41-/m1/s1. The summed E-state index contributed by atoms with van der Waals surface area (Å²) in [7, 11) is 5.33. The van der Waals surface area contributed by atoms with E-state index in [1.54, 1.807) is 27.7 Å². The Morgan fingerprint density at radius 3 is 2.22 bits per heavy atom. The van der Waals surface area contributed by atoms with Gasteiger partial charge in [0.05, 0.1) is 35.7 Å². The van der Waals surface area contributed by atoms with Crippen molar-refractivity contribution in [3.8, 4) is 0 Å². The lowest BCUT2D eigenvalue weighted by molar-refractivity contribution is -0.316. The number of aliphatic hydroxyl groups is 3. The van der Waals surface area contributed by atoms with Gasteiger partial charge in [0.2, 0.25) is 0 Å². The highest BCUT2D eigenvalue weighted by Crippen LogP contribution is 2.48. The van der Waals surface area contributed by atoms with Gasteiger partial charge in [-0.05, 0) is 87.4 Å². The molecular formula is C41H71NO13. The minimum Gasteiger partial charge on any atom is -0.488 e. The molecule has 0 aromatic carbocycles. The van der Waals surface area contributed by atoms with Crippen LogP contribution in [0.5, 0.6) is 0 Å². The fourth-order valence-electron chi connectivity index (χ4n) is 9.34. The summed E-state index contributed by atoms with van der Waals surface area (Å²) < 4.78 is 51.3. The molecule has 0 saturated carbocycles. The van der Waals surface area contributed by atoms with Crippen molar-refractivity contribution in [2.75, 3.05) is 21.2 Å². The molecular weight excluding hydrogens is 714 g/mol. The molecule has 17 atom stereocenters. The fourth-order valence-corrected chi connectivity index (χ4v) is 9.34. The number of nitrogens with zero attached hydrogens (tertiary/aromatic N) is 1. The number of likely N-dealkylation sites (N-methyl/N-ethyl adjacent to an activating group) is 1. The minimum atomic E-state index is -1.83. The molecule has 0 aliphatic carbocycles. The van der Waals surface area contributed by atoms with Gasteiger partial charge in [-0.1, -0.05) is 27.7 Å². The maximum atomic E-state index is 14.4. The Morgan fingerprint density at radius 2 is 1.64 bits per heavy atom. The average Bonchev–Trinajstić information content (AvgIpc) is 3.43. The molecule has 55 heavy (non-hydrogen) atoms. The van der Waals surface area contributed by atoms with Crippen LogP contribution >= 0.6 is 0 Å². The van der Waals surface area contributed by atoms with E-state index in [0.29, 0.717) is 25.0 Å². The van der Waals surface area contributed by atoms with Crippen LogP contribution < -0.4 is 0 Å². The van der Waals surface area contributed by atoms with E-state index >= 15 is 0 Å². The van der Waals surface area contributed by atoms with Crippen LogP contribution in [0.15, 0.2) is 11.3 Å². The third-order valence-electron chi connectivity index (χ3n) is 12.6. The average molecular weight is 786 g/mol. The van der Waals surface area contributed by atoms with Gasteiger partial charge in [0, 0.05) is 38.3 Å². The summed E-state index contributed by atoms with van der Waals surface area (Å²) in [5, 5.41) is 35.0. The molecule has 0 spiro atoms. The molecule has 0 amide bonds. The molecule has 4 rings (SSSR count). The van der Waals surface area contributed by atoms with E-state index in [2.05, 4.69) is 0 Å². The fraction of sp³-hybridized carbons (Fsp3) is 0.902. The van der Waals surface area contributed by atoms with Crippen LogP contribution in [-0.2, 0) is 47.5 Å². The van der Waals surface area contributed by atoms with E-state index in [9.17, 15) is 24.9 Å². The van der Waals surface area contributed by atoms with Crippen molar-refractivity contribution in [2.45, 2.75) is 199 Å². The number of methoxy groups -OCH3 is 1. The van der Waals surface area contributed by atoms with E-state index in [-0.39, 0.29) is 31.4 Å². The number of carbonyl (C=O) groups is 2. The smallest absolute Gasteiger partial charge is 0.311 e. The summed E-state index contributed by atoms with van der Waals surface area (Å²) in [4.78, 5) is 29.5. The molecule has 0 aromatic heterocycles. The lowest BCUT2D eigenvalue weighted by atomic mass is 9.78. The zero-order valence-corrected chi connectivity index (χ0v) is 35.7. The molecule has 14 heteroatoms. The number of carbonyl (C=O) groups excluding carboxylic acids is 2. The first kappa shape index (κ1) is 45.8. The first-order chi connectivity index (χ1) is 25.5. The molecule has 3 fully saturated rings. The highest BCUT2D eigenvalue weighted by atomic mass is 16.7. The molecule has 0 aromatic rings. The number of rotatable bonds is 10. The maximum absolute atomic E-state index is 14.4. The van der Waals surface area contributed by atoms with Gasteiger partial charge in [0.1, 0.15) is 47.5 Å². The lowest BCUT2D eigenvalue weighted by Crippen LogP contribution is -2.60. The van der Waals surface area contributed by atoms with Crippen molar-refractivity contribution in [3.63, 3.8) is 0 Å². The Balaban J connectivity index is 1.88. The highest BCUT2D eigenvalue weighted by Gasteiger charge is 2.57. The van der Waals surface area contributed by atoms with Gasteiger partial charge in [-0.15, -0.1) is 0 Å². The largest absolute Gasteiger partial charge is 0.488 e. The second-order valence-electron chi connectivity index (χ2n) is 17.6. The first-order valence-electron chi connectivity index (χ1n) is 20.3. The summed E-state index contributed by atoms with van der Waals surface area (Å²) in [6.45, 7) is 20.0. The third-order valence-corrected chi connectivity index (χ3v) is 12.6. The van der Waals surface area contributed by atoms with Gasteiger partial charge >= 0.3 is 11.9 Å². The van der Waals surface area contributed by atoms with Crippen LogP contribution in [0.3, 0.4) is 0 Å². The van der Waals surface area contributed by atoms with Crippen LogP contribution in [0.2, 0.25) is 0 Å². The van der Waals surface area contributed by atoms with Crippen molar-refractivity contribution in [3.05, 3.63) is 11.3 Å². The molecule has 14 nitrogen and oxygen atoms in total. The van der Waals surface area contributed by atoms with Crippen LogP contribution in [0.25, 0.3) is 0 Å². The van der Waals surface area contributed by atoms with Crippen LogP contribution in [0, 0.1) is 17.8 Å². The molecule has 3 saturated heterocycles. The van der Waals surface area contributed by atoms with Crippen LogP contribution in [-0.4, -0.2) is 138 Å². The normalized spacial score (nSPS) is 46.0.